The van der Waals surface area contributed by atoms with Crippen LogP contribution in [0.3, 0.4) is 0 Å². The average Bonchev–Trinajstić information content (AvgIpc) is 2.17. The molecule has 0 aromatic rings. The summed E-state index contributed by atoms with van der Waals surface area (Å²) >= 11 is -4.65. The van der Waals surface area contributed by atoms with Gasteiger partial charge in [-0.25, -0.2) is 0 Å². The van der Waals surface area contributed by atoms with Crippen molar-refractivity contribution < 1.29 is 33.7 Å². The van der Waals surface area contributed by atoms with Crippen molar-refractivity contribution in [3.63, 3.8) is 0 Å². The summed E-state index contributed by atoms with van der Waals surface area (Å²) in [5.41, 5.74) is 0. The first-order chi connectivity index (χ1) is 7.95. The summed E-state index contributed by atoms with van der Waals surface area (Å²) in [6, 6.07) is 3.00. The van der Waals surface area contributed by atoms with Gasteiger partial charge >= 0.3 is 114 Å². The molecule has 2 N–H and O–H groups in total. The molecule has 0 radical (unpaired) electrons. The van der Waals surface area contributed by atoms with Gasteiger partial charge in [-0.05, 0) is 0 Å². The second kappa shape index (κ2) is 8.94. The van der Waals surface area contributed by atoms with Crippen molar-refractivity contribution in [3.05, 3.63) is 0 Å². The molecule has 17 heavy (non-hydrogen) atoms. The van der Waals surface area contributed by atoms with E-state index in [1.54, 1.807) is 6.92 Å². The molecule has 0 aliphatic rings. The summed E-state index contributed by atoms with van der Waals surface area (Å²) in [7, 11) is -2.00. The number of rotatable bonds is 10. The molecule has 0 aromatic heterocycles. The fourth-order valence-corrected chi connectivity index (χ4v) is 14.6. The molecule has 0 amide bonds. The summed E-state index contributed by atoms with van der Waals surface area (Å²) in [6.07, 6.45) is 3.13. The van der Waals surface area contributed by atoms with E-state index < -0.39 is 30.3 Å². The van der Waals surface area contributed by atoms with Crippen molar-refractivity contribution in [2.45, 2.75) is 65.1 Å². The Kier molecular flexibility index (Phi) is 9.44. The van der Waals surface area contributed by atoms with Crippen LogP contribution in [-0.4, -0.2) is 21.3 Å². The summed E-state index contributed by atoms with van der Waals surface area (Å²) in [5.74, 6) is 0. The van der Waals surface area contributed by atoms with E-state index in [0.29, 0.717) is 6.61 Å². The van der Waals surface area contributed by atoms with Crippen LogP contribution in [0.1, 0.15) is 47.0 Å². The summed E-state index contributed by atoms with van der Waals surface area (Å²) in [5, 5.41) is 0. The van der Waals surface area contributed by atoms with E-state index in [0.717, 1.165) is 37.4 Å². The third-order valence-corrected chi connectivity index (χ3v) is 14.5. The Morgan fingerprint density at radius 3 is 1.59 bits per heavy atom. The van der Waals surface area contributed by atoms with Crippen molar-refractivity contribution >= 4 is 8.32 Å². The van der Waals surface area contributed by atoms with Gasteiger partial charge in [0.25, 0.3) is 0 Å². The average molecular weight is 344 g/mol. The van der Waals surface area contributed by atoms with Crippen LogP contribution in [0, 0.1) is 0 Å². The Morgan fingerprint density at radius 2 is 1.29 bits per heavy atom. The molecule has 0 aliphatic heterocycles. The molecule has 0 heterocycles. The molecule has 0 saturated heterocycles. The van der Waals surface area contributed by atoms with E-state index in [2.05, 4.69) is 20.8 Å². The van der Waals surface area contributed by atoms with Gasteiger partial charge in [0.1, 0.15) is 0 Å². The molecule has 0 unspecified atom stereocenters. The van der Waals surface area contributed by atoms with Crippen LogP contribution in [0.2, 0.25) is 18.1 Å². The zero-order valence-corrected chi connectivity index (χ0v) is 15.1. The third-order valence-electron chi connectivity index (χ3n) is 2.80. The van der Waals surface area contributed by atoms with E-state index >= 15 is 0 Å². The van der Waals surface area contributed by atoms with Crippen molar-refractivity contribution in [2.24, 2.45) is 0 Å². The van der Waals surface area contributed by atoms with Crippen molar-refractivity contribution in [1.29, 1.82) is 0 Å². The van der Waals surface area contributed by atoms with Gasteiger partial charge in [0.05, 0.1) is 0 Å². The fourth-order valence-electron chi connectivity index (χ4n) is 2.39. The monoisotopic (exact) mass is 342 g/mol. The fraction of sp³-hybridized carbons (Fsp3) is 1.00. The van der Waals surface area contributed by atoms with Gasteiger partial charge in [0.15, 0.2) is 0 Å². The molecule has 0 aliphatic carbocycles. The maximum atomic E-state index is 9.89. The molecule has 6 heteroatoms. The first kappa shape index (κ1) is 17.9. The van der Waals surface area contributed by atoms with Gasteiger partial charge in [0.2, 0.25) is 0 Å². The molecule has 0 fully saturated rings. The molecule has 0 spiro atoms. The summed E-state index contributed by atoms with van der Waals surface area (Å²) in [4.78, 5) is 0. The Labute approximate surface area is 113 Å². The maximum absolute atomic E-state index is 9.89. The number of hydrogen-bond acceptors (Lipinski definition) is 4. The molecular formula is C11H28O4SiZr. The van der Waals surface area contributed by atoms with E-state index in [4.69, 9.17) is 5.32 Å². The molecule has 104 valence electrons. The van der Waals surface area contributed by atoms with Gasteiger partial charge in [-0.3, -0.25) is 0 Å². The van der Waals surface area contributed by atoms with Gasteiger partial charge < -0.3 is 0 Å². The standard InChI is InChI=1S/C9H21OSi.C2H5O.2H2O.Zr/c1-4-7-11(10,8-5-2)9-6-3;1-2-3;;;/h4-9H2,1-3H3;2H2,1H3;2*1H2;/q2*-1;;;+4/p-2. The Bertz CT molecular complexity index is 185. The SMILES string of the molecule is CCC[Si](CCC)(CCC)[O][Zr]([OH])([OH])[O]CC. The first-order valence-electron chi connectivity index (χ1n) is 6.74. The van der Waals surface area contributed by atoms with Crippen LogP contribution in [0.4, 0.5) is 0 Å². The van der Waals surface area contributed by atoms with Crippen LogP contribution in [-0.2, 0) is 27.3 Å². The Hall–Kier alpha value is 0.940. The molecule has 0 bridgehead atoms. The van der Waals surface area contributed by atoms with Crippen molar-refractivity contribution in [2.75, 3.05) is 6.61 Å². The van der Waals surface area contributed by atoms with Gasteiger partial charge in [-0.2, -0.15) is 0 Å². The predicted octanol–water partition coefficient (Wildman–Crippen LogP) is 3.01. The zero-order valence-electron chi connectivity index (χ0n) is 11.7. The van der Waals surface area contributed by atoms with E-state index in [1.165, 1.54) is 0 Å². The summed E-state index contributed by atoms with van der Waals surface area (Å²) in [6.45, 7) is 8.47. The molecule has 0 rings (SSSR count). The van der Waals surface area contributed by atoms with Crippen molar-refractivity contribution in [1.82, 2.24) is 0 Å². The van der Waals surface area contributed by atoms with E-state index in [-0.39, 0.29) is 0 Å². The second-order valence-corrected chi connectivity index (χ2v) is 13.5. The van der Waals surface area contributed by atoms with Crippen LogP contribution in [0.25, 0.3) is 0 Å². The van der Waals surface area contributed by atoms with Gasteiger partial charge in [-0.15, -0.1) is 0 Å². The minimum absolute atomic E-state index is 0.317. The van der Waals surface area contributed by atoms with E-state index in [9.17, 15) is 6.37 Å². The molecule has 0 saturated carbocycles. The molecule has 0 aromatic carbocycles. The van der Waals surface area contributed by atoms with Crippen LogP contribution >= 0.6 is 0 Å². The van der Waals surface area contributed by atoms with Crippen LogP contribution in [0.15, 0.2) is 0 Å². The summed E-state index contributed by atoms with van der Waals surface area (Å²) < 4.78 is 30.7. The molecule has 0 atom stereocenters. The topological polar surface area (TPSA) is 58.9 Å². The predicted molar refractivity (Wildman–Crippen MR) is 68.2 cm³/mol. The van der Waals surface area contributed by atoms with Gasteiger partial charge in [-0.1, -0.05) is 0 Å². The second-order valence-electron chi connectivity index (χ2n) is 4.52. The van der Waals surface area contributed by atoms with Crippen LogP contribution in [0.5, 0.6) is 0 Å². The first-order valence-corrected chi connectivity index (χ1v) is 13.5. The number of hydrogen-bond donors (Lipinski definition) is 2. The normalized spacial score (nSPS) is 13.1. The van der Waals surface area contributed by atoms with Crippen molar-refractivity contribution in [3.8, 4) is 0 Å². The third kappa shape index (κ3) is 7.19. The minimum atomic E-state index is -4.65. The van der Waals surface area contributed by atoms with Gasteiger partial charge in [0, 0.05) is 0 Å². The molecule has 4 nitrogen and oxygen atoms in total. The molecular weight excluding hydrogens is 315 g/mol. The van der Waals surface area contributed by atoms with Crippen LogP contribution < -0.4 is 0 Å². The van der Waals surface area contributed by atoms with E-state index in [1.807, 2.05) is 0 Å². The Balaban J connectivity index is 4.74. The Morgan fingerprint density at radius 1 is 0.882 bits per heavy atom. The zero-order chi connectivity index (χ0) is 13.4. The quantitative estimate of drug-likeness (QED) is 0.599.